The number of fused-ring (bicyclic) bond motifs is 5. The fourth-order valence-corrected chi connectivity index (χ4v) is 10.5. The maximum Gasteiger partial charge on any atom is 0.303 e. The molecule has 0 spiro atoms. The summed E-state index contributed by atoms with van der Waals surface area (Å²) in [5.41, 5.74) is 2.75. The van der Waals surface area contributed by atoms with Gasteiger partial charge in [0.15, 0.2) is 0 Å². The van der Waals surface area contributed by atoms with Crippen LogP contribution in [0.2, 0.25) is 0 Å². The van der Waals surface area contributed by atoms with E-state index in [4.69, 9.17) is 5.11 Å². The van der Waals surface area contributed by atoms with Crippen LogP contribution in [0.4, 0.5) is 0 Å². The Kier molecular flexibility index (Phi) is 10.7. The normalized spacial score (nSPS) is 38.2. The molecule has 0 amide bonds. The molecule has 224 valence electrons. The first kappa shape index (κ1) is 31.1. The predicted octanol–water partition coefficient (Wildman–Crippen LogP) is 9.66. The van der Waals surface area contributed by atoms with Gasteiger partial charge in [-0.1, -0.05) is 85.3 Å². The molecule has 2 N–H and O–H groups in total. The minimum atomic E-state index is -0.668. The zero-order valence-corrected chi connectivity index (χ0v) is 26.6. The van der Waals surface area contributed by atoms with Crippen LogP contribution in [-0.2, 0) is 4.79 Å². The van der Waals surface area contributed by atoms with Crippen molar-refractivity contribution in [2.75, 3.05) is 6.54 Å². The second-order valence-corrected chi connectivity index (χ2v) is 15.4. The first-order chi connectivity index (χ1) is 18.6. The fourth-order valence-electron chi connectivity index (χ4n) is 10.5. The van der Waals surface area contributed by atoms with E-state index in [0.717, 1.165) is 60.8 Å². The molecule has 0 saturated heterocycles. The van der Waals surface area contributed by atoms with E-state index >= 15 is 0 Å². The summed E-state index contributed by atoms with van der Waals surface area (Å²) in [6.07, 6.45) is 22.8. The highest BCUT2D eigenvalue weighted by Crippen LogP contribution is 2.67. The standard InChI is InChI=1S/C36H63NO2/c1-7-11-25(2)26(3)12-10-13-27(4)31-17-18-32-30-16-15-28-24-29(37-23-9-8-14-34(38)39)19-21-35(28,5)33(30)20-22-36(31,32)6/h15,25-27,29-33,37H,7-14,16-24H2,1-6H3,(H,38,39). The quantitative estimate of drug-likeness (QED) is 0.170. The number of carboxylic acids is 1. The van der Waals surface area contributed by atoms with E-state index in [1.807, 2.05) is 0 Å². The van der Waals surface area contributed by atoms with Gasteiger partial charge in [0.25, 0.3) is 0 Å². The van der Waals surface area contributed by atoms with Crippen LogP contribution >= 0.6 is 0 Å². The van der Waals surface area contributed by atoms with E-state index in [1.165, 1.54) is 83.5 Å². The topological polar surface area (TPSA) is 49.3 Å². The van der Waals surface area contributed by atoms with Crippen molar-refractivity contribution in [1.82, 2.24) is 5.32 Å². The molecule has 4 aliphatic carbocycles. The van der Waals surface area contributed by atoms with Crippen molar-refractivity contribution in [3.8, 4) is 0 Å². The Morgan fingerprint density at radius 1 is 0.974 bits per heavy atom. The van der Waals surface area contributed by atoms with Crippen LogP contribution in [0.3, 0.4) is 0 Å². The minimum Gasteiger partial charge on any atom is -0.481 e. The summed E-state index contributed by atoms with van der Waals surface area (Å²) in [5, 5.41) is 12.7. The van der Waals surface area contributed by atoms with E-state index in [1.54, 1.807) is 5.57 Å². The number of carbonyl (C=O) groups is 1. The molecule has 0 radical (unpaired) electrons. The van der Waals surface area contributed by atoms with Gasteiger partial charge in [0, 0.05) is 12.5 Å². The SMILES string of the molecule is CCCC(C)C(C)CCCC(C)C1CCC2C3CC=C4CC(NCCCCC(=O)O)CCC4(C)C3CCC12C. The van der Waals surface area contributed by atoms with Gasteiger partial charge < -0.3 is 10.4 Å². The third kappa shape index (κ3) is 6.81. The summed E-state index contributed by atoms with van der Waals surface area (Å²) in [4.78, 5) is 10.8. The summed E-state index contributed by atoms with van der Waals surface area (Å²) in [7, 11) is 0. The molecule has 4 rings (SSSR count). The molecule has 0 aromatic carbocycles. The molecule has 0 bridgehead atoms. The minimum absolute atomic E-state index is 0.301. The summed E-state index contributed by atoms with van der Waals surface area (Å²) < 4.78 is 0. The fraction of sp³-hybridized carbons (Fsp3) is 0.917. The Hall–Kier alpha value is -0.830. The van der Waals surface area contributed by atoms with Gasteiger partial charge in [-0.2, -0.15) is 0 Å². The Morgan fingerprint density at radius 3 is 2.49 bits per heavy atom. The van der Waals surface area contributed by atoms with E-state index in [2.05, 4.69) is 52.9 Å². The van der Waals surface area contributed by atoms with Crippen LogP contribution in [0.1, 0.15) is 144 Å². The number of allylic oxidation sites excluding steroid dienone is 1. The molecule has 4 aliphatic rings. The largest absolute Gasteiger partial charge is 0.481 e. The number of hydrogen-bond acceptors (Lipinski definition) is 2. The Labute approximate surface area is 241 Å². The van der Waals surface area contributed by atoms with Crippen molar-refractivity contribution in [2.45, 2.75) is 150 Å². The molecule has 0 aliphatic heterocycles. The van der Waals surface area contributed by atoms with Gasteiger partial charge in [-0.25, -0.2) is 0 Å². The first-order valence-corrected chi connectivity index (χ1v) is 17.2. The van der Waals surface area contributed by atoms with E-state index in [0.29, 0.717) is 23.3 Å². The molecular weight excluding hydrogens is 478 g/mol. The third-order valence-corrected chi connectivity index (χ3v) is 13.1. The van der Waals surface area contributed by atoms with Gasteiger partial charge in [-0.05, 0) is 123 Å². The first-order valence-electron chi connectivity index (χ1n) is 17.2. The number of nitrogens with one attached hydrogen (secondary N) is 1. The van der Waals surface area contributed by atoms with Gasteiger partial charge in [0.2, 0.25) is 0 Å². The zero-order chi connectivity index (χ0) is 28.2. The molecule has 3 heteroatoms. The van der Waals surface area contributed by atoms with Crippen molar-refractivity contribution >= 4 is 5.97 Å². The molecule has 39 heavy (non-hydrogen) atoms. The summed E-state index contributed by atoms with van der Waals surface area (Å²) in [6.45, 7) is 16.2. The third-order valence-electron chi connectivity index (χ3n) is 13.1. The van der Waals surface area contributed by atoms with Crippen LogP contribution in [0.15, 0.2) is 11.6 Å². The average Bonchev–Trinajstić information content (AvgIpc) is 3.25. The van der Waals surface area contributed by atoms with Gasteiger partial charge in [-0.15, -0.1) is 0 Å². The second kappa shape index (κ2) is 13.4. The van der Waals surface area contributed by atoms with Crippen LogP contribution in [-0.4, -0.2) is 23.7 Å². The maximum absolute atomic E-state index is 10.8. The average molecular weight is 542 g/mol. The Bertz CT molecular complexity index is 836. The second-order valence-electron chi connectivity index (χ2n) is 15.4. The summed E-state index contributed by atoms with van der Waals surface area (Å²) >= 11 is 0. The van der Waals surface area contributed by atoms with Gasteiger partial charge >= 0.3 is 5.97 Å². The molecule has 10 unspecified atom stereocenters. The van der Waals surface area contributed by atoms with Crippen LogP contribution in [0.25, 0.3) is 0 Å². The molecule has 0 aromatic heterocycles. The number of unbranched alkanes of at least 4 members (excludes halogenated alkanes) is 1. The van der Waals surface area contributed by atoms with Crippen LogP contribution in [0, 0.1) is 52.3 Å². The smallest absolute Gasteiger partial charge is 0.303 e. The lowest BCUT2D eigenvalue weighted by molar-refractivity contribution is -0.137. The maximum atomic E-state index is 10.8. The van der Waals surface area contributed by atoms with Crippen molar-refractivity contribution in [3.05, 3.63) is 11.6 Å². The van der Waals surface area contributed by atoms with E-state index < -0.39 is 5.97 Å². The molecule has 0 aromatic rings. The van der Waals surface area contributed by atoms with E-state index in [9.17, 15) is 4.79 Å². The van der Waals surface area contributed by atoms with Crippen molar-refractivity contribution in [3.63, 3.8) is 0 Å². The number of aliphatic carboxylic acids is 1. The Balaban J connectivity index is 1.31. The van der Waals surface area contributed by atoms with Crippen molar-refractivity contribution in [2.24, 2.45) is 52.3 Å². The zero-order valence-electron chi connectivity index (χ0n) is 26.6. The predicted molar refractivity (Wildman–Crippen MR) is 165 cm³/mol. The summed E-state index contributed by atoms with van der Waals surface area (Å²) in [6, 6.07) is 0.587. The molecule has 3 nitrogen and oxygen atoms in total. The molecule has 10 atom stereocenters. The number of hydrogen-bond donors (Lipinski definition) is 2. The van der Waals surface area contributed by atoms with E-state index in [-0.39, 0.29) is 0 Å². The lowest BCUT2D eigenvalue weighted by Crippen LogP contribution is -2.51. The van der Waals surface area contributed by atoms with Crippen molar-refractivity contribution in [1.29, 1.82) is 0 Å². The highest BCUT2D eigenvalue weighted by molar-refractivity contribution is 5.66. The highest BCUT2D eigenvalue weighted by atomic mass is 16.4. The Morgan fingerprint density at radius 2 is 1.74 bits per heavy atom. The number of rotatable bonds is 14. The molecule has 3 saturated carbocycles. The molecule has 3 fully saturated rings. The monoisotopic (exact) mass is 541 g/mol. The molecular formula is C36H63NO2. The van der Waals surface area contributed by atoms with Crippen LogP contribution in [0.5, 0.6) is 0 Å². The lowest BCUT2D eigenvalue weighted by Gasteiger charge is -2.58. The van der Waals surface area contributed by atoms with Gasteiger partial charge in [0.1, 0.15) is 0 Å². The number of carboxylic acid groups (broad SMARTS) is 1. The van der Waals surface area contributed by atoms with Crippen LogP contribution < -0.4 is 5.32 Å². The van der Waals surface area contributed by atoms with Gasteiger partial charge in [0.05, 0.1) is 0 Å². The molecule has 0 heterocycles. The highest BCUT2D eigenvalue weighted by Gasteiger charge is 2.59. The lowest BCUT2D eigenvalue weighted by atomic mass is 9.47. The van der Waals surface area contributed by atoms with Gasteiger partial charge in [-0.3, -0.25) is 4.79 Å². The summed E-state index contributed by atoms with van der Waals surface area (Å²) in [5.74, 6) is 5.65. The van der Waals surface area contributed by atoms with Crippen molar-refractivity contribution < 1.29 is 9.90 Å².